The molecule has 2 aromatic rings. The zero-order chi connectivity index (χ0) is 14.4. The van der Waals surface area contributed by atoms with Crippen LogP contribution in [0.5, 0.6) is 0 Å². The molecule has 1 saturated carbocycles. The molecule has 1 heterocycles. The lowest BCUT2D eigenvalue weighted by Crippen LogP contribution is -2.24. The number of thiazole rings is 1. The molecule has 0 saturated heterocycles. The lowest BCUT2D eigenvalue weighted by molar-refractivity contribution is 0.591. The predicted octanol–water partition coefficient (Wildman–Crippen LogP) is 4.27. The van der Waals surface area contributed by atoms with Crippen molar-refractivity contribution < 1.29 is 4.39 Å². The van der Waals surface area contributed by atoms with Gasteiger partial charge in [0, 0.05) is 10.9 Å². The normalized spacial score (nSPS) is 18.8. The summed E-state index contributed by atoms with van der Waals surface area (Å²) >= 11 is 7.75. The van der Waals surface area contributed by atoms with Crippen LogP contribution < -0.4 is 5.32 Å². The summed E-state index contributed by atoms with van der Waals surface area (Å²) in [5, 5.41) is 4.90. The molecule has 2 aliphatic rings. The first-order valence-corrected chi connectivity index (χ1v) is 8.59. The van der Waals surface area contributed by atoms with Crippen LogP contribution in [0.25, 0.3) is 0 Å². The molecular weight excluding hydrogens is 307 g/mol. The van der Waals surface area contributed by atoms with Crippen LogP contribution in [0.3, 0.4) is 0 Å². The van der Waals surface area contributed by atoms with Gasteiger partial charge in [-0.05, 0) is 49.8 Å². The number of hydrogen-bond donors (Lipinski definition) is 1. The van der Waals surface area contributed by atoms with Crippen molar-refractivity contribution in [3.63, 3.8) is 0 Å². The number of benzene rings is 1. The summed E-state index contributed by atoms with van der Waals surface area (Å²) in [4.78, 5) is 6.24. The van der Waals surface area contributed by atoms with Gasteiger partial charge in [-0.1, -0.05) is 17.7 Å². The number of nitrogens with one attached hydrogen (secondary N) is 1. The van der Waals surface area contributed by atoms with Crippen LogP contribution in [0, 0.1) is 5.82 Å². The Morgan fingerprint density at radius 2 is 2.19 bits per heavy atom. The minimum absolute atomic E-state index is 0.0335. The topological polar surface area (TPSA) is 24.9 Å². The minimum Gasteiger partial charge on any atom is -0.301 e. The average Bonchev–Trinajstić information content (AvgIpc) is 3.03. The molecule has 2 aliphatic carbocycles. The van der Waals surface area contributed by atoms with Gasteiger partial charge in [-0.15, -0.1) is 11.3 Å². The van der Waals surface area contributed by atoms with Gasteiger partial charge in [0.2, 0.25) is 0 Å². The Morgan fingerprint density at radius 1 is 1.33 bits per heavy atom. The Kier molecular flexibility index (Phi) is 3.48. The molecule has 1 fully saturated rings. The number of hydrogen-bond acceptors (Lipinski definition) is 3. The summed E-state index contributed by atoms with van der Waals surface area (Å²) in [6.45, 7) is 0. The van der Waals surface area contributed by atoms with Crippen molar-refractivity contribution >= 4 is 22.9 Å². The van der Waals surface area contributed by atoms with E-state index in [1.54, 1.807) is 17.4 Å². The van der Waals surface area contributed by atoms with E-state index in [0.29, 0.717) is 6.04 Å². The second kappa shape index (κ2) is 5.34. The fourth-order valence-corrected chi connectivity index (χ4v) is 4.25. The second-order valence-corrected chi connectivity index (χ2v) is 7.35. The van der Waals surface area contributed by atoms with Gasteiger partial charge < -0.3 is 5.32 Å². The van der Waals surface area contributed by atoms with Gasteiger partial charge in [-0.3, -0.25) is 0 Å². The summed E-state index contributed by atoms with van der Waals surface area (Å²) in [5.41, 5.74) is 2.26. The summed E-state index contributed by atoms with van der Waals surface area (Å²) < 4.78 is 13.4. The summed E-state index contributed by atoms with van der Waals surface area (Å²) in [6.07, 6.45) is 5.87. The van der Waals surface area contributed by atoms with Crippen LogP contribution in [0.2, 0.25) is 5.02 Å². The van der Waals surface area contributed by atoms with E-state index >= 15 is 0 Å². The van der Waals surface area contributed by atoms with E-state index in [1.165, 1.54) is 35.9 Å². The molecule has 5 heteroatoms. The highest BCUT2D eigenvalue weighted by Crippen LogP contribution is 2.36. The maximum Gasteiger partial charge on any atom is 0.141 e. The smallest absolute Gasteiger partial charge is 0.141 e. The molecule has 1 atom stereocenters. The monoisotopic (exact) mass is 322 g/mol. The molecule has 1 N–H and O–H groups in total. The van der Waals surface area contributed by atoms with Crippen molar-refractivity contribution in [1.82, 2.24) is 10.3 Å². The van der Waals surface area contributed by atoms with Gasteiger partial charge in [-0.2, -0.15) is 0 Å². The summed E-state index contributed by atoms with van der Waals surface area (Å²) in [5.74, 6) is -0.368. The maximum atomic E-state index is 13.4. The maximum absolute atomic E-state index is 13.4. The van der Waals surface area contributed by atoms with Gasteiger partial charge in [-0.25, -0.2) is 9.37 Å². The molecule has 1 aromatic carbocycles. The molecule has 1 aromatic heterocycles. The van der Waals surface area contributed by atoms with E-state index in [-0.39, 0.29) is 16.9 Å². The molecule has 0 spiro atoms. The zero-order valence-corrected chi connectivity index (χ0v) is 13.1. The summed E-state index contributed by atoms with van der Waals surface area (Å²) in [6, 6.07) is 5.57. The molecule has 1 unspecified atom stereocenters. The number of halogens is 2. The van der Waals surface area contributed by atoms with Crippen molar-refractivity contribution in [2.45, 2.75) is 44.2 Å². The highest BCUT2D eigenvalue weighted by atomic mass is 35.5. The molecule has 0 aliphatic heterocycles. The molecule has 21 heavy (non-hydrogen) atoms. The first-order chi connectivity index (χ1) is 10.2. The lowest BCUT2D eigenvalue weighted by atomic mass is 10.1. The largest absolute Gasteiger partial charge is 0.301 e. The summed E-state index contributed by atoms with van der Waals surface area (Å²) in [7, 11) is 0. The van der Waals surface area contributed by atoms with Crippen molar-refractivity contribution in [2.24, 2.45) is 0 Å². The molecule has 0 amide bonds. The van der Waals surface area contributed by atoms with E-state index in [0.717, 1.165) is 23.4 Å². The molecule has 110 valence electrons. The Morgan fingerprint density at radius 3 is 2.90 bits per heavy atom. The third kappa shape index (κ3) is 2.72. The molecule has 0 radical (unpaired) electrons. The van der Waals surface area contributed by atoms with Gasteiger partial charge in [0.25, 0.3) is 0 Å². The Labute approximate surface area is 132 Å². The molecule has 2 nitrogen and oxygen atoms in total. The first kappa shape index (κ1) is 13.7. The number of fused-ring (bicyclic) bond motifs is 1. The molecular formula is C16H16ClFN2S. The highest BCUT2D eigenvalue weighted by Gasteiger charge is 2.29. The van der Waals surface area contributed by atoms with E-state index in [1.807, 2.05) is 6.07 Å². The van der Waals surface area contributed by atoms with Crippen LogP contribution in [0.15, 0.2) is 18.2 Å². The number of aryl methyl sites for hydroxylation is 2. The van der Waals surface area contributed by atoms with Crippen molar-refractivity contribution in [3.05, 3.63) is 50.2 Å². The van der Waals surface area contributed by atoms with Crippen LogP contribution in [-0.2, 0) is 12.8 Å². The number of nitrogens with zero attached hydrogens (tertiary/aromatic N) is 1. The van der Waals surface area contributed by atoms with Crippen LogP contribution >= 0.6 is 22.9 Å². The fourth-order valence-electron chi connectivity index (χ4n) is 2.82. The number of aromatic nitrogens is 1. The third-order valence-electron chi connectivity index (χ3n) is 4.12. The standard InChI is InChI=1S/C16H16ClFN2S/c17-11-8-9(4-7-12(11)18)15(19-10-5-6-10)16-20-13-2-1-3-14(13)21-16/h4,7-8,10,15,19H,1-3,5-6H2. The Bertz CT molecular complexity index is 659. The molecule has 4 rings (SSSR count). The fraction of sp³-hybridized carbons (Fsp3) is 0.438. The van der Waals surface area contributed by atoms with E-state index in [2.05, 4.69) is 5.32 Å². The Hall–Kier alpha value is -0.970. The van der Waals surface area contributed by atoms with Crippen molar-refractivity contribution in [3.8, 4) is 0 Å². The Balaban J connectivity index is 1.70. The van der Waals surface area contributed by atoms with E-state index in [9.17, 15) is 4.39 Å². The first-order valence-electron chi connectivity index (χ1n) is 7.40. The van der Waals surface area contributed by atoms with E-state index < -0.39 is 0 Å². The van der Waals surface area contributed by atoms with Crippen LogP contribution in [0.4, 0.5) is 4.39 Å². The van der Waals surface area contributed by atoms with Gasteiger partial charge in [0.15, 0.2) is 0 Å². The third-order valence-corrected chi connectivity index (χ3v) is 5.63. The number of rotatable bonds is 4. The second-order valence-electron chi connectivity index (χ2n) is 5.82. The van der Waals surface area contributed by atoms with Crippen molar-refractivity contribution in [2.75, 3.05) is 0 Å². The lowest BCUT2D eigenvalue weighted by Gasteiger charge is -2.17. The van der Waals surface area contributed by atoms with Gasteiger partial charge >= 0.3 is 0 Å². The minimum atomic E-state index is -0.368. The predicted molar refractivity (Wildman–Crippen MR) is 83.5 cm³/mol. The van der Waals surface area contributed by atoms with E-state index in [4.69, 9.17) is 16.6 Å². The van der Waals surface area contributed by atoms with Gasteiger partial charge in [0.05, 0.1) is 16.8 Å². The molecule has 0 bridgehead atoms. The SMILES string of the molecule is Fc1ccc(C(NC2CC2)c2nc3c(s2)CCC3)cc1Cl. The quantitative estimate of drug-likeness (QED) is 0.909. The zero-order valence-electron chi connectivity index (χ0n) is 11.5. The van der Waals surface area contributed by atoms with Crippen LogP contribution in [-0.4, -0.2) is 11.0 Å². The van der Waals surface area contributed by atoms with Crippen LogP contribution in [0.1, 0.15) is 46.4 Å². The van der Waals surface area contributed by atoms with Crippen molar-refractivity contribution in [1.29, 1.82) is 0 Å². The highest BCUT2D eigenvalue weighted by molar-refractivity contribution is 7.11. The van der Waals surface area contributed by atoms with Gasteiger partial charge in [0.1, 0.15) is 10.8 Å². The average molecular weight is 323 g/mol.